The molecular weight excluding hydrogens is 480 g/mol. The van der Waals surface area contributed by atoms with Crippen LogP contribution in [0.1, 0.15) is 64.5 Å². The van der Waals surface area contributed by atoms with Gasteiger partial charge in [-0.15, -0.1) is 0 Å². The van der Waals surface area contributed by atoms with Crippen LogP contribution in [-0.4, -0.2) is 30.4 Å². The molecule has 1 heterocycles. The van der Waals surface area contributed by atoms with E-state index in [0.717, 1.165) is 54.4 Å². The zero-order chi connectivity index (χ0) is 28.2. The lowest BCUT2D eigenvalue weighted by molar-refractivity contribution is 0.271. The fraction of sp³-hybridized carbons (Fsp3) is 0.424. The van der Waals surface area contributed by atoms with Gasteiger partial charge in [0.1, 0.15) is 11.7 Å². The highest BCUT2D eigenvalue weighted by atomic mass is 15.1. The molecule has 1 aromatic rings. The van der Waals surface area contributed by atoms with Crippen molar-refractivity contribution in [3.05, 3.63) is 102 Å². The quantitative estimate of drug-likeness (QED) is 0.152. The van der Waals surface area contributed by atoms with Crippen molar-refractivity contribution in [2.45, 2.75) is 71.4 Å². The molecule has 2 aliphatic carbocycles. The summed E-state index contributed by atoms with van der Waals surface area (Å²) in [5.41, 5.74) is 6.88. The molecule has 4 rings (SSSR count). The average molecular weight is 527 g/mol. The zero-order valence-corrected chi connectivity index (χ0v) is 24.5. The molecule has 1 spiro atoms. The van der Waals surface area contributed by atoms with Crippen LogP contribution < -0.4 is 21.3 Å². The maximum atomic E-state index is 5.02. The van der Waals surface area contributed by atoms with E-state index in [4.69, 9.17) is 4.99 Å². The normalized spacial score (nSPS) is 19.7. The Bertz CT molecular complexity index is 1230. The van der Waals surface area contributed by atoms with E-state index in [-0.39, 0.29) is 5.41 Å². The Labute approximate surface area is 235 Å². The van der Waals surface area contributed by atoms with Crippen molar-refractivity contribution in [1.82, 2.24) is 20.9 Å². The highest BCUT2D eigenvalue weighted by Gasteiger charge is 2.48. The lowest BCUT2D eigenvalue weighted by Crippen LogP contribution is -2.35. The van der Waals surface area contributed by atoms with Crippen molar-refractivity contribution in [2.75, 3.05) is 18.9 Å². The summed E-state index contributed by atoms with van der Waals surface area (Å²) in [5, 5.41) is 13.6. The molecule has 0 radical (unpaired) electrons. The van der Waals surface area contributed by atoms with Crippen molar-refractivity contribution in [3.8, 4) is 0 Å². The molecule has 0 atom stereocenters. The Morgan fingerprint density at radius 2 is 1.92 bits per heavy atom. The Hall–Kier alpha value is -3.51. The van der Waals surface area contributed by atoms with E-state index in [1.54, 1.807) is 6.20 Å². The van der Waals surface area contributed by atoms with Gasteiger partial charge in [-0.2, -0.15) is 0 Å². The van der Waals surface area contributed by atoms with Gasteiger partial charge in [0.05, 0.1) is 5.70 Å². The van der Waals surface area contributed by atoms with Crippen LogP contribution in [0.25, 0.3) is 0 Å². The number of nitrogens with zero attached hydrogens (tertiary/aromatic N) is 2. The molecule has 4 N–H and O–H groups in total. The summed E-state index contributed by atoms with van der Waals surface area (Å²) in [6.07, 6.45) is 14.5. The van der Waals surface area contributed by atoms with Gasteiger partial charge in [-0.05, 0) is 80.6 Å². The van der Waals surface area contributed by atoms with Gasteiger partial charge in [-0.25, -0.2) is 4.99 Å². The molecule has 0 saturated heterocycles. The number of anilines is 1. The molecule has 1 aromatic carbocycles. The van der Waals surface area contributed by atoms with Gasteiger partial charge >= 0.3 is 0 Å². The largest absolute Gasteiger partial charge is 0.382 e. The van der Waals surface area contributed by atoms with Crippen LogP contribution in [-0.2, 0) is 12.0 Å². The van der Waals surface area contributed by atoms with Gasteiger partial charge in [-0.3, -0.25) is 0 Å². The van der Waals surface area contributed by atoms with E-state index in [0.29, 0.717) is 17.3 Å². The van der Waals surface area contributed by atoms with Crippen molar-refractivity contribution >= 4 is 11.5 Å². The second kappa shape index (κ2) is 11.7. The minimum atomic E-state index is 0.0253. The highest BCUT2D eigenvalue weighted by Crippen LogP contribution is 2.52. The highest BCUT2D eigenvalue weighted by molar-refractivity contribution is 5.94. The average Bonchev–Trinajstić information content (AvgIpc) is 3.79. The summed E-state index contributed by atoms with van der Waals surface area (Å²) in [6.45, 7) is 22.8. The summed E-state index contributed by atoms with van der Waals surface area (Å²) in [7, 11) is 2.22. The second-order valence-corrected chi connectivity index (χ2v) is 12.3. The molecule has 39 heavy (non-hydrogen) atoms. The van der Waals surface area contributed by atoms with Crippen molar-refractivity contribution < 1.29 is 0 Å². The molecule has 2 saturated carbocycles. The molecule has 3 aliphatic rings. The minimum absolute atomic E-state index is 0.0253. The maximum absolute atomic E-state index is 5.02. The monoisotopic (exact) mass is 526 g/mol. The first kappa shape index (κ1) is 28.5. The number of benzene rings is 1. The van der Waals surface area contributed by atoms with Gasteiger partial charge in [0.2, 0.25) is 0 Å². The number of aliphatic imine (C=N–C) groups is 1. The van der Waals surface area contributed by atoms with Gasteiger partial charge in [-0.1, -0.05) is 58.7 Å². The predicted octanol–water partition coefficient (Wildman–Crippen LogP) is 6.42. The molecule has 0 amide bonds. The van der Waals surface area contributed by atoms with E-state index >= 15 is 0 Å². The molecule has 0 aromatic heterocycles. The summed E-state index contributed by atoms with van der Waals surface area (Å²) >= 11 is 0. The van der Waals surface area contributed by atoms with Crippen LogP contribution in [0, 0.1) is 5.41 Å². The SMILES string of the molecule is C=CN/C=C(\C=C/C(C)(C)C)N/C(N=C(C)Nc1ccc2c(c1)CN(C)CC21CC1)=C(/C=C)C(=C)NC1CC1. The van der Waals surface area contributed by atoms with Crippen molar-refractivity contribution in [2.24, 2.45) is 10.4 Å². The Kier molecular flexibility index (Phi) is 8.55. The zero-order valence-electron chi connectivity index (χ0n) is 24.5. The van der Waals surface area contributed by atoms with E-state index in [1.165, 1.54) is 24.0 Å². The third-order valence-corrected chi connectivity index (χ3v) is 7.27. The first-order chi connectivity index (χ1) is 18.5. The van der Waals surface area contributed by atoms with E-state index in [1.807, 2.05) is 19.2 Å². The molecule has 2 fully saturated rings. The number of amidine groups is 1. The Balaban J connectivity index is 1.64. The predicted molar refractivity (Wildman–Crippen MR) is 166 cm³/mol. The van der Waals surface area contributed by atoms with Gasteiger partial charge < -0.3 is 26.2 Å². The molecular formula is C33H46N6. The number of fused-ring (bicyclic) bond motifs is 2. The lowest BCUT2D eigenvalue weighted by atomic mass is 9.87. The summed E-state index contributed by atoms with van der Waals surface area (Å²) < 4.78 is 0. The standard InChI is InChI=1S/C33H46N6/c1-9-29(23(3)35-26-11-12-26)31(38-28(20-34-10-2)15-16-32(5,6)7)37-24(4)36-27-13-14-30-25(19-27)21-39(8)22-33(30)17-18-33/h9-10,13-16,19-20,26,34-35,38H,1-3,11-12,17-18,21-22H2,4-8H3,(H,36,37)/b16-15-,28-20+,31-29-. The number of likely N-dealkylation sites (N-methyl/N-ethyl adjacent to an activating group) is 1. The number of rotatable bonds is 11. The molecule has 0 unspecified atom stereocenters. The van der Waals surface area contributed by atoms with E-state index in [9.17, 15) is 0 Å². The summed E-state index contributed by atoms with van der Waals surface area (Å²) in [6, 6.07) is 7.26. The van der Waals surface area contributed by atoms with Crippen LogP contribution in [0.2, 0.25) is 0 Å². The summed E-state index contributed by atoms with van der Waals surface area (Å²) in [4.78, 5) is 7.46. The molecule has 0 bridgehead atoms. The fourth-order valence-electron chi connectivity index (χ4n) is 5.07. The van der Waals surface area contributed by atoms with Crippen LogP contribution in [0.3, 0.4) is 0 Å². The van der Waals surface area contributed by atoms with Crippen LogP contribution in [0.5, 0.6) is 0 Å². The maximum Gasteiger partial charge on any atom is 0.141 e. The smallest absolute Gasteiger partial charge is 0.141 e. The first-order valence-electron chi connectivity index (χ1n) is 14.0. The van der Waals surface area contributed by atoms with Crippen molar-refractivity contribution in [1.29, 1.82) is 0 Å². The van der Waals surface area contributed by atoms with Gasteiger partial charge in [0, 0.05) is 47.7 Å². The Morgan fingerprint density at radius 1 is 1.18 bits per heavy atom. The third-order valence-electron chi connectivity index (χ3n) is 7.27. The second-order valence-electron chi connectivity index (χ2n) is 12.3. The van der Waals surface area contributed by atoms with Crippen LogP contribution in [0.15, 0.2) is 96.3 Å². The van der Waals surface area contributed by atoms with Gasteiger partial charge in [0.25, 0.3) is 0 Å². The van der Waals surface area contributed by atoms with Crippen LogP contribution >= 0.6 is 0 Å². The van der Waals surface area contributed by atoms with E-state index in [2.05, 4.69) is 104 Å². The number of hydrogen-bond acceptors (Lipinski definition) is 5. The molecule has 1 aliphatic heterocycles. The minimum Gasteiger partial charge on any atom is -0.382 e. The number of hydrogen-bond donors (Lipinski definition) is 4. The lowest BCUT2D eigenvalue weighted by Gasteiger charge is -2.33. The Morgan fingerprint density at radius 3 is 2.54 bits per heavy atom. The molecule has 6 heteroatoms. The fourth-order valence-corrected chi connectivity index (χ4v) is 5.07. The third kappa shape index (κ3) is 7.76. The molecule has 208 valence electrons. The topological polar surface area (TPSA) is 63.7 Å². The molecule has 6 nitrogen and oxygen atoms in total. The summed E-state index contributed by atoms with van der Waals surface area (Å²) in [5.74, 6) is 1.44. The van der Waals surface area contributed by atoms with E-state index < -0.39 is 0 Å². The van der Waals surface area contributed by atoms with Crippen LogP contribution in [0.4, 0.5) is 5.69 Å². The van der Waals surface area contributed by atoms with Gasteiger partial charge in [0.15, 0.2) is 0 Å². The first-order valence-corrected chi connectivity index (χ1v) is 14.0. The van der Waals surface area contributed by atoms with Crippen molar-refractivity contribution in [3.63, 3.8) is 0 Å². The number of nitrogens with one attached hydrogen (secondary N) is 4. The number of allylic oxidation sites excluding steroid dienone is 3.